The molecule has 71 heavy (non-hydrogen) atoms. The molecule has 10 heteroatoms. The molecule has 0 saturated heterocycles. The summed E-state index contributed by atoms with van der Waals surface area (Å²) in [6.45, 7) is 6.80. The molecule has 408 valence electrons. The standard InChI is InChI=1S/C61H107N2O7P/c1-7-10-13-16-19-22-25-27-29-31-33-35-38-41-44-47-50-53-60(64)62-58(57-69-71(66,67)68-56-55-63(4,5)6)59(52-49-46-43-40-37-24-21-18-15-12-9-3)70-61(65)54-51-48-45-42-39-36-34-32-30-28-26-23-20-17-14-11-8-2/h11,14,19-20,22-23,27-30,34,36,42,45,49,52,58-59H,7-10,12-13,15-18,21,24-26,31-33,35,37-41,43-44,46-48,50-51,53-57H2,1-6H3,(H-,62,64,66,67)/p+1/b14-11-,22-19-,23-20-,29-27-,30-28-,36-34-,45-42-,52-49+. The van der Waals surface area contributed by atoms with Gasteiger partial charge in [0.25, 0.3) is 0 Å². The number of carbonyl (C=O) groups excluding carboxylic acids is 2. The Morgan fingerprint density at radius 3 is 1.41 bits per heavy atom. The van der Waals surface area contributed by atoms with E-state index in [1.54, 1.807) is 0 Å². The Morgan fingerprint density at radius 2 is 0.915 bits per heavy atom. The number of allylic oxidation sites excluding steroid dienone is 15. The highest BCUT2D eigenvalue weighted by Crippen LogP contribution is 2.43. The van der Waals surface area contributed by atoms with Gasteiger partial charge in [0.15, 0.2) is 0 Å². The van der Waals surface area contributed by atoms with Gasteiger partial charge < -0.3 is 19.4 Å². The van der Waals surface area contributed by atoms with Gasteiger partial charge in [-0.15, -0.1) is 0 Å². The monoisotopic (exact) mass is 1010 g/mol. The average molecular weight is 1010 g/mol. The van der Waals surface area contributed by atoms with E-state index >= 15 is 0 Å². The zero-order valence-electron chi connectivity index (χ0n) is 46.4. The number of amides is 1. The van der Waals surface area contributed by atoms with Crippen LogP contribution in [0.3, 0.4) is 0 Å². The third-order valence-electron chi connectivity index (χ3n) is 12.0. The van der Waals surface area contributed by atoms with E-state index in [4.69, 9.17) is 13.8 Å². The van der Waals surface area contributed by atoms with E-state index in [9.17, 15) is 19.0 Å². The largest absolute Gasteiger partial charge is 0.472 e. The van der Waals surface area contributed by atoms with Crippen LogP contribution in [0.15, 0.2) is 97.2 Å². The second-order valence-electron chi connectivity index (χ2n) is 20.1. The Kier molecular flexibility index (Phi) is 48.3. The fourth-order valence-corrected chi connectivity index (χ4v) is 8.33. The van der Waals surface area contributed by atoms with E-state index in [1.165, 1.54) is 89.9 Å². The van der Waals surface area contributed by atoms with Crippen molar-refractivity contribution in [3.05, 3.63) is 97.2 Å². The molecule has 0 radical (unpaired) electrons. The number of unbranched alkanes of at least 4 members (excludes halogenated alkanes) is 20. The minimum atomic E-state index is -4.46. The Labute approximate surface area is 437 Å². The molecule has 3 unspecified atom stereocenters. The average Bonchev–Trinajstić information content (AvgIpc) is 3.33. The third kappa shape index (κ3) is 51.6. The molecule has 0 aliphatic rings. The molecular formula is C61H108N2O7P+. The first-order valence-electron chi connectivity index (χ1n) is 28.6. The quantitative estimate of drug-likeness (QED) is 0.0205. The van der Waals surface area contributed by atoms with Crippen LogP contribution in [0.25, 0.3) is 0 Å². The highest BCUT2D eigenvalue weighted by molar-refractivity contribution is 7.47. The number of esters is 1. The summed E-state index contributed by atoms with van der Waals surface area (Å²) in [6.07, 6.45) is 66.9. The van der Waals surface area contributed by atoms with Crippen molar-refractivity contribution in [3.63, 3.8) is 0 Å². The van der Waals surface area contributed by atoms with Gasteiger partial charge in [-0.3, -0.25) is 18.6 Å². The number of hydrogen-bond donors (Lipinski definition) is 2. The number of rotatable bonds is 50. The molecule has 0 rings (SSSR count). The minimum absolute atomic E-state index is 0.0252. The normalized spacial score (nSPS) is 14.5. The van der Waals surface area contributed by atoms with Gasteiger partial charge in [-0.25, -0.2) is 4.57 Å². The molecule has 2 N–H and O–H groups in total. The Morgan fingerprint density at radius 1 is 0.507 bits per heavy atom. The van der Waals surface area contributed by atoms with Crippen LogP contribution in [0, 0.1) is 0 Å². The van der Waals surface area contributed by atoms with Crippen molar-refractivity contribution in [1.29, 1.82) is 0 Å². The maximum absolute atomic E-state index is 13.5. The number of phosphoric ester groups is 1. The molecule has 0 aromatic rings. The number of carbonyl (C=O) groups is 2. The summed E-state index contributed by atoms with van der Waals surface area (Å²) < 4.78 is 30.5. The summed E-state index contributed by atoms with van der Waals surface area (Å²) in [5.41, 5.74) is 0. The molecule has 0 aliphatic heterocycles. The number of likely N-dealkylation sites (N-methyl/N-ethyl adjacent to an activating group) is 1. The summed E-state index contributed by atoms with van der Waals surface area (Å²) in [7, 11) is 1.45. The van der Waals surface area contributed by atoms with Crippen LogP contribution in [-0.2, 0) is 27.9 Å². The lowest BCUT2D eigenvalue weighted by Crippen LogP contribution is -2.47. The van der Waals surface area contributed by atoms with Crippen LogP contribution in [0.2, 0.25) is 0 Å². The summed E-state index contributed by atoms with van der Waals surface area (Å²) in [4.78, 5) is 37.5. The third-order valence-corrected chi connectivity index (χ3v) is 13.0. The number of quaternary nitrogens is 1. The van der Waals surface area contributed by atoms with Gasteiger partial charge in [0.2, 0.25) is 5.91 Å². The molecule has 1 amide bonds. The highest BCUT2D eigenvalue weighted by atomic mass is 31.2. The van der Waals surface area contributed by atoms with Gasteiger partial charge in [-0.1, -0.05) is 208 Å². The van der Waals surface area contributed by atoms with E-state index in [0.29, 0.717) is 23.9 Å². The van der Waals surface area contributed by atoms with Crippen molar-refractivity contribution in [3.8, 4) is 0 Å². The summed E-state index contributed by atoms with van der Waals surface area (Å²) >= 11 is 0. The molecule has 0 aliphatic carbocycles. The number of ether oxygens (including phenoxy) is 1. The summed E-state index contributed by atoms with van der Waals surface area (Å²) in [6, 6.07) is -0.880. The molecule has 0 saturated carbocycles. The summed E-state index contributed by atoms with van der Waals surface area (Å²) in [5, 5.41) is 3.02. The van der Waals surface area contributed by atoms with Gasteiger partial charge >= 0.3 is 13.8 Å². The predicted molar refractivity (Wildman–Crippen MR) is 304 cm³/mol. The van der Waals surface area contributed by atoms with Crippen molar-refractivity contribution in [2.75, 3.05) is 40.9 Å². The van der Waals surface area contributed by atoms with E-state index in [2.05, 4.69) is 111 Å². The Hall–Kier alpha value is -3.07. The lowest BCUT2D eigenvalue weighted by Gasteiger charge is -2.27. The van der Waals surface area contributed by atoms with Gasteiger partial charge in [0.05, 0.1) is 33.8 Å². The molecule has 0 spiro atoms. The number of hydrogen-bond acceptors (Lipinski definition) is 6. The molecule has 0 aromatic heterocycles. The molecular weight excluding hydrogens is 904 g/mol. The van der Waals surface area contributed by atoms with Crippen LogP contribution in [-0.4, -0.2) is 74.3 Å². The van der Waals surface area contributed by atoms with Crippen LogP contribution in [0.5, 0.6) is 0 Å². The smallest absolute Gasteiger partial charge is 0.456 e. The Bertz CT molecular complexity index is 1540. The predicted octanol–water partition coefficient (Wildman–Crippen LogP) is 17.2. The maximum atomic E-state index is 13.5. The van der Waals surface area contributed by atoms with Gasteiger partial charge in [0, 0.05) is 12.8 Å². The first-order chi connectivity index (χ1) is 34.4. The molecule has 0 bridgehead atoms. The number of phosphoric acid groups is 1. The van der Waals surface area contributed by atoms with Crippen molar-refractivity contribution in [1.82, 2.24) is 5.32 Å². The van der Waals surface area contributed by atoms with E-state index in [0.717, 1.165) is 96.3 Å². The van der Waals surface area contributed by atoms with E-state index in [1.807, 2.05) is 33.3 Å². The van der Waals surface area contributed by atoms with Crippen molar-refractivity contribution >= 4 is 19.7 Å². The van der Waals surface area contributed by atoms with E-state index in [-0.39, 0.29) is 31.5 Å². The van der Waals surface area contributed by atoms with Gasteiger partial charge in [-0.05, 0) is 102 Å². The topological polar surface area (TPSA) is 111 Å². The van der Waals surface area contributed by atoms with Crippen LogP contribution >= 0.6 is 7.82 Å². The fraction of sp³-hybridized carbons (Fsp3) is 0.705. The summed E-state index contributed by atoms with van der Waals surface area (Å²) in [5.74, 6) is -0.589. The van der Waals surface area contributed by atoms with Gasteiger partial charge in [-0.2, -0.15) is 0 Å². The lowest BCUT2D eigenvalue weighted by atomic mass is 10.1. The number of nitrogens with zero attached hydrogens (tertiary/aromatic N) is 1. The zero-order chi connectivity index (χ0) is 52.2. The minimum Gasteiger partial charge on any atom is -0.456 e. The fourth-order valence-electron chi connectivity index (χ4n) is 7.59. The van der Waals surface area contributed by atoms with Gasteiger partial charge in [0.1, 0.15) is 19.3 Å². The highest BCUT2D eigenvalue weighted by Gasteiger charge is 2.30. The number of nitrogens with one attached hydrogen (secondary N) is 1. The first kappa shape index (κ1) is 67.9. The van der Waals surface area contributed by atoms with Crippen LogP contribution < -0.4 is 5.32 Å². The molecule has 0 aromatic carbocycles. The molecule has 3 atom stereocenters. The lowest BCUT2D eigenvalue weighted by molar-refractivity contribution is -0.870. The first-order valence-corrected chi connectivity index (χ1v) is 30.1. The second-order valence-corrected chi connectivity index (χ2v) is 21.5. The molecule has 0 heterocycles. The second kappa shape index (κ2) is 50.5. The van der Waals surface area contributed by atoms with Crippen LogP contribution in [0.1, 0.15) is 226 Å². The zero-order valence-corrected chi connectivity index (χ0v) is 47.3. The Balaban J connectivity index is 5.43. The van der Waals surface area contributed by atoms with Crippen molar-refractivity contribution in [2.45, 2.75) is 238 Å². The SMILES string of the molecule is CC/C=C\C/C=C\C/C=C\C/C=C\C/C=C\CCCC(=O)OC(/C=C/CCCCCCCCCCC)C(COP(=O)(O)OCC[N+](C)(C)C)NC(=O)CCCCCCCCC/C=C\C/C=C\CCCCC. The van der Waals surface area contributed by atoms with E-state index < -0.39 is 20.0 Å². The van der Waals surface area contributed by atoms with Crippen LogP contribution in [0.4, 0.5) is 0 Å². The molecule has 9 nitrogen and oxygen atoms in total. The maximum Gasteiger partial charge on any atom is 0.472 e. The van der Waals surface area contributed by atoms with Crippen molar-refractivity contribution in [2.24, 2.45) is 0 Å². The molecule has 0 fully saturated rings. The van der Waals surface area contributed by atoms with Crippen molar-refractivity contribution < 1.29 is 37.3 Å².